The molecule has 0 radical (unpaired) electrons. The molecule has 0 bridgehead atoms. The first-order valence-electron chi connectivity index (χ1n) is 4.02. The predicted molar refractivity (Wildman–Crippen MR) is 56.1 cm³/mol. The fourth-order valence-corrected chi connectivity index (χ4v) is 1.30. The number of thiol groups is 1. The lowest BCUT2D eigenvalue weighted by Gasteiger charge is -2.19. The molecule has 0 aliphatic rings. The summed E-state index contributed by atoms with van der Waals surface area (Å²) >= 11 is 4.19. The van der Waals surface area contributed by atoms with E-state index in [0.29, 0.717) is 11.8 Å². The summed E-state index contributed by atoms with van der Waals surface area (Å²) in [6.07, 6.45) is 3.03. The van der Waals surface area contributed by atoms with Crippen LogP contribution >= 0.6 is 12.6 Å². The summed E-state index contributed by atoms with van der Waals surface area (Å²) in [5.74, 6) is 2.00. The Morgan fingerprint density at radius 1 is 1.55 bits per heavy atom. The zero-order valence-corrected chi connectivity index (χ0v) is 8.40. The molecule has 1 heteroatoms. The molecular weight excluding hydrogens is 152 g/mol. The number of hydrogen-bond acceptors (Lipinski definition) is 1. The van der Waals surface area contributed by atoms with Crippen LogP contribution in [0.25, 0.3) is 0 Å². The Kier molecular flexibility index (Phi) is 5.39. The molecule has 11 heavy (non-hydrogen) atoms. The van der Waals surface area contributed by atoms with E-state index < -0.39 is 0 Å². The predicted octanol–water partition coefficient (Wildman–Crippen LogP) is 3.32. The Morgan fingerprint density at radius 2 is 2.09 bits per heavy atom. The molecule has 2 atom stereocenters. The summed E-state index contributed by atoms with van der Waals surface area (Å²) in [6, 6.07) is 0. The summed E-state index contributed by atoms with van der Waals surface area (Å²) in [5.41, 5.74) is 1.22. The molecule has 0 saturated heterocycles. The van der Waals surface area contributed by atoms with Gasteiger partial charge in [-0.3, -0.25) is 0 Å². The van der Waals surface area contributed by atoms with Gasteiger partial charge in [-0.1, -0.05) is 32.1 Å². The largest absolute Gasteiger partial charge is 0.175 e. The highest BCUT2D eigenvalue weighted by atomic mass is 32.1. The van der Waals surface area contributed by atoms with Crippen molar-refractivity contribution < 1.29 is 0 Å². The minimum atomic E-state index is 0.561. The molecule has 2 unspecified atom stereocenters. The molecular formula is C10H18S. The van der Waals surface area contributed by atoms with Gasteiger partial charge < -0.3 is 0 Å². The van der Waals surface area contributed by atoms with E-state index in [9.17, 15) is 0 Å². The maximum Gasteiger partial charge on any atom is 0.0113 e. The fraction of sp³-hybridized carbons (Fsp3) is 0.600. The first kappa shape index (κ1) is 10.8. The molecule has 0 fully saturated rings. The van der Waals surface area contributed by atoms with Gasteiger partial charge in [0, 0.05) is 5.75 Å². The van der Waals surface area contributed by atoms with E-state index in [1.165, 1.54) is 5.57 Å². The van der Waals surface area contributed by atoms with Gasteiger partial charge in [-0.2, -0.15) is 12.6 Å². The third-order valence-corrected chi connectivity index (χ3v) is 2.65. The van der Waals surface area contributed by atoms with Crippen molar-refractivity contribution in [3.05, 3.63) is 24.8 Å². The van der Waals surface area contributed by atoms with Gasteiger partial charge in [-0.05, 0) is 18.3 Å². The molecule has 0 spiro atoms. The van der Waals surface area contributed by atoms with Crippen LogP contribution in [0.15, 0.2) is 24.8 Å². The van der Waals surface area contributed by atoms with Crippen LogP contribution in [0.2, 0.25) is 0 Å². The summed E-state index contributed by atoms with van der Waals surface area (Å²) < 4.78 is 0. The Hall–Kier alpha value is -0.170. The summed E-state index contributed by atoms with van der Waals surface area (Å²) in [6.45, 7) is 12.1. The molecule has 0 amide bonds. The highest BCUT2D eigenvalue weighted by Crippen LogP contribution is 2.22. The molecule has 0 N–H and O–H groups in total. The molecule has 64 valence electrons. The van der Waals surface area contributed by atoms with Crippen LogP contribution in [0.1, 0.15) is 20.3 Å². The standard InChI is InChI=1S/C10H18S/c1-5-6-8(2)10(4)9(3)7-11/h5,8,10-11H,1,3,6-7H2,2,4H3. The van der Waals surface area contributed by atoms with Gasteiger partial charge in [0.25, 0.3) is 0 Å². The Bertz CT molecular complexity index is 138. The summed E-state index contributed by atoms with van der Waals surface area (Å²) in [5, 5.41) is 0. The minimum Gasteiger partial charge on any atom is -0.175 e. The quantitative estimate of drug-likeness (QED) is 0.475. The van der Waals surface area contributed by atoms with Crippen LogP contribution in [0.5, 0.6) is 0 Å². The maximum atomic E-state index is 4.19. The van der Waals surface area contributed by atoms with Crippen molar-refractivity contribution in [3.8, 4) is 0 Å². The van der Waals surface area contributed by atoms with Gasteiger partial charge in [0.15, 0.2) is 0 Å². The normalized spacial score (nSPS) is 15.5. The van der Waals surface area contributed by atoms with Crippen LogP contribution in [0, 0.1) is 11.8 Å². The first-order chi connectivity index (χ1) is 5.13. The summed E-state index contributed by atoms with van der Waals surface area (Å²) in [7, 11) is 0. The second-order valence-corrected chi connectivity index (χ2v) is 3.42. The lowest BCUT2D eigenvalue weighted by Crippen LogP contribution is -2.10. The van der Waals surface area contributed by atoms with Gasteiger partial charge in [0.2, 0.25) is 0 Å². The Labute approximate surface area is 75.8 Å². The number of hydrogen-bond donors (Lipinski definition) is 1. The molecule has 0 rings (SSSR count). The van der Waals surface area contributed by atoms with E-state index in [1.54, 1.807) is 0 Å². The highest BCUT2D eigenvalue weighted by Gasteiger charge is 2.12. The van der Waals surface area contributed by atoms with Crippen LogP contribution in [0.3, 0.4) is 0 Å². The molecule has 0 nitrogen and oxygen atoms in total. The Balaban J connectivity index is 3.89. The number of rotatable bonds is 5. The molecule has 0 saturated carbocycles. The van der Waals surface area contributed by atoms with Crippen LogP contribution in [0.4, 0.5) is 0 Å². The Morgan fingerprint density at radius 3 is 2.45 bits per heavy atom. The molecule has 0 aromatic carbocycles. The molecule has 0 aromatic heterocycles. The van der Waals surface area contributed by atoms with Gasteiger partial charge in [-0.15, -0.1) is 6.58 Å². The van der Waals surface area contributed by atoms with Crippen LogP contribution in [-0.4, -0.2) is 5.75 Å². The van der Waals surface area contributed by atoms with Gasteiger partial charge in [0.1, 0.15) is 0 Å². The van der Waals surface area contributed by atoms with E-state index in [-0.39, 0.29) is 0 Å². The van der Waals surface area contributed by atoms with Gasteiger partial charge in [-0.25, -0.2) is 0 Å². The molecule has 0 aliphatic heterocycles. The fourth-order valence-electron chi connectivity index (χ4n) is 1.01. The summed E-state index contributed by atoms with van der Waals surface area (Å²) in [4.78, 5) is 0. The zero-order chi connectivity index (χ0) is 8.85. The third-order valence-electron chi connectivity index (χ3n) is 2.24. The van der Waals surface area contributed by atoms with E-state index in [1.807, 2.05) is 6.08 Å². The first-order valence-corrected chi connectivity index (χ1v) is 4.66. The van der Waals surface area contributed by atoms with Crippen molar-refractivity contribution in [1.29, 1.82) is 0 Å². The second-order valence-electron chi connectivity index (χ2n) is 3.11. The average Bonchev–Trinajstić information content (AvgIpc) is 2.02. The van der Waals surface area contributed by atoms with Gasteiger partial charge >= 0.3 is 0 Å². The van der Waals surface area contributed by atoms with E-state index >= 15 is 0 Å². The molecule has 0 heterocycles. The van der Waals surface area contributed by atoms with Crippen molar-refractivity contribution in [3.63, 3.8) is 0 Å². The lowest BCUT2D eigenvalue weighted by molar-refractivity contribution is 0.447. The van der Waals surface area contributed by atoms with E-state index in [0.717, 1.165) is 12.2 Å². The SMILES string of the molecule is C=CCC(C)C(C)C(=C)CS. The molecule has 0 aliphatic carbocycles. The van der Waals surface area contributed by atoms with E-state index in [2.05, 4.69) is 39.6 Å². The van der Waals surface area contributed by atoms with Crippen molar-refractivity contribution in [1.82, 2.24) is 0 Å². The number of allylic oxidation sites excluding steroid dienone is 1. The van der Waals surface area contributed by atoms with Gasteiger partial charge in [0.05, 0.1) is 0 Å². The van der Waals surface area contributed by atoms with Crippen molar-refractivity contribution in [2.24, 2.45) is 11.8 Å². The average molecular weight is 170 g/mol. The second kappa shape index (κ2) is 5.48. The van der Waals surface area contributed by atoms with Crippen molar-refractivity contribution in [2.45, 2.75) is 20.3 Å². The van der Waals surface area contributed by atoms with E-state index in [4.69, 9.17) is 0 Å². The van der Waals surface area contributed by atoms with Crippen LogP contribution in [-0.2, 0) is 0 Å². The van der Waals surface area contributed by atoms with Crippen molar-refractivity contribution >= 4 is 12.6 Å². The van der Waals surface area contributed by atoms with Crippen LogP contribution < -0.4 is 0 Å². The monoisotopic (exact) mass is 170 g/mol. The lowest BCUT2D eigenvalue weighted by atomic mass is 9.88. The highest BCUT2D eigenvalue weighted by molar-refractivity contribution is 7.80. The minimum absolute atomic E-state index is 0.561. The van der Waals surface area contributed by atoms with Crippen molar-refractivity contribution in [2.75, 3.05) is 5.75 Å². The third kappa shape index (κ3) is 3.66. The topological polar surface area (TPSA) is 0 Å². The smallest absolute Gasteiger partial charge is 0.0113 e. The molecule has 0 aromatic rings. The zero-order valence-electron chi connectivity index (χ0n) is 7.51. The maximum absolute atomic E-state index is 4.19.